The van der Waals surface area contributed by atoms with Crippen LogP contribution in [-0.2, 0) is 19.1 Å². The molecule has 0 aromatic rings. The molecule has 6 heteroatoms. The molecule has 112 valence electrons. The van der Waals surface area contributed by atoms with Crippen LogP contribution in [0.2, 0.25) is 0 Å². The summed E-state index contributed by atoms with van der Waals surface area (Å²) in [6.45, 7) is 4.99. The van der Waals surface area contributed by atoms with E-state index in [2.05, 4.69) is 5.32 Å². The van der Waals surface area contributed by atoms with Gasteiger partial charge in [0.2, 0.25) is 11.8 Å². The molecule has 1 unspecified atom stereocenters. The SMILES string of the molecule is C[C@@H]1CC(=O)N[C@H](C(=O)N2CCOC3(CCOC3)C2)C1. The molecule has 2 amide bonds. The monoisotopic (exact) mass is 282 g/mol. The van der Waals surface area contributed by atoms with E-state index in [0.717, 1.165) is 12.8 Å². The Labute approximate surface area is 118 Å². The van der Waals surface area contributed by atoms with Gasteiger partial charge in [-0.1, -0.05) is 6.92 Å². The Morgan fingerprint density at radius 1 is 1.45 bits per heavy atom. The number of morpholine rings is 1. The predicted molar refractivity (Wildman–Crippen MR) is 71.0 cm³/mol. The molecule has 0 saturated carbocycles. The molecule has 1 spiro atoms. The second-order valence-electron chi connectivity index (χ2n) is 6.26. The molecule has 3 atom stereocenters. The van der Waals surface area contributed by atoms with Crippen molar-refractivity contribution in [3.63, 3.8) is 0 Å². The molecule has 3 fully saturated rings. The van der Waals surface area contributed by atoms with E-state index in [4.69, 9.17) is 9.47 Å². The van der Waals surface area contributed by atoms with E-state index in [1.165, 1.54) is 0 Å². The Bertz CT molecular complexity index is 406. The molecule has 3 heterocycles. The van der Waals surface area contributed by atoms with Gasteiger partial charge in [-0.25, -0.2) is 0 Å². The van der Waals surface area contributed by atoms with Crippen molar-refractivity contribution < 1.29 is 19.1 Å². The lowest BCUT2D eigenvalue weighted by atomic mass is 9.92. The highest BCUT2D eigenvalue weighted by Gasteiger charge is 2.43. The van der Waals surface area contributed by atoms with Crippen molar-refractivity contribution in [3.05, 3.63) is 0 Å². The maximum Gasteiger partial charge on any atom is 0.245 e. The van der Waals surface area contributed by atoms with E-state index in [0.29, 0.717) is 39.3 Å². The minimum absolute atomic E-state index is 0.0192. The Balaban J connectivity index is 1.65. The first-order chi connectivity index (χ1) is 9.58. The van der Waals surface area contributed by atoms with Crippen LogP contribution in [0.4, 0.5) is 0 Å². The highest BCUT2D eigenvalue weighted by atomic mass is 16.6. The van der Waals surface area contributed by atoms with Gasteiger partial charge in [0.15, 0.2) is 0 Å². The molecule has 0 aromatic heterocycles. The third-order valence-electron chi connectivity index (χ3n) is 4.43. The number of nitrogens with one attached hydrogen (secondary N) is 1. The fourth-order valence-corrected chi connectivity index (χ4v) is 3.36. The number of amides is 2. The number of ether oxygens (including phenoxy) is 2. The maximum absolute atomic E-state index is 12.6. The van der Waals surface area contributed by atoms with Crippen LogP contribution >= 0.6 is 0 Å². The number of carbonyl (C=O) groups excluding carboxylic acids is 2. The normalized spacial score (nSPS) is 38.0. The summed E-state index contributed by atoms with van der Waals surface area (Å²) in [5, 5.41) is 2.82. The van der Waals surface area contributed by atoms with E-state index < -0.39 is 0 Å². The fraction of sp³-hybridized carbons (Fsp3) is 0.857. The first kappa shape index (κ1) is 13.8. The van der Waals surface area contributed by atoms with Crippen LogP contribution in [-0.4, -0.2) is 61.3 Å². The van der Waals surface area contributed by atoms with Crippen molar-refractivity contribution in [3.8, 4) is 0 Å². The van der Waals surface area contributed by atoms with Crippen LogP contribution in [0.15, 0.2) is 0 Å². The summed E-state index contributed by atoms with van der Waals surface area (Å²) in [6.07, 6.45) is 2.08. The summed E-state index contributed by atoms with van der Waals surface area (Å²) in [6, 6.07) is -0.372. The zero-order chi connectivity index (χ0) is 14.2. The fourth-order valence-electron chi connectivity index (χ4n) is 3.36. The van der Waals surface area contributed by atoms with E-state index in [1.807, 2.05) is 11.8 Å². The summed E-state index contributed by atoms with van der Waals surface area (Å²) < 4.78 is 11.2. The van der Waals surface area contributed by atoms with Gasteiger partial charge in [-0.15, -0.1) is 0 Å². The standard InChI is InChI=1S/C14H22N2O4/c1-10-6-11(15-12(17)7-10)13(18)16-3-5-20-14(8-16)2-4-19-9-14/h10-11H,2-9H2,1H3,(H,15,17)/t10-,11-,14?/m0/s1. The Morgan fingerprint density at radius 3 is 3.00 bits per heavy atom. The van der Waals surface area contributed by atoms with Crippen LogP contribution in [0.25, 0.3) is 0 Å². The van der Waals surface area contributed by atoms with E-state index in [9.17, 15) is 9.59 Å². The van der Waals surface area contributed by atoms with Gasteiger partial charge in [0, 0.05) is 26.0 Å². The van der Waals surface area contributed by atoms with Crippen molar-refractivity contribution in [1.82, 2.24) is 10.2 Å². The first-order valence-electron chi connectivity index (χ1n) is 7.38. The van der Waals surface area contributed by atoms with Crippen molar-refractivity contribution in [1.29, 1.82) is 0 Å². The summed E-state index contributed by atoms with van der Waals surface area (Å²) in [4.78, 5) is 26.0. The van der Waals surface area contributed by atoms with Gasteiger partial charge in [-0.05, 0) is 12.3 Å². The molecule has 3 aliphatic rings. The number of nitrogens with zero attached hydrogens (tertiary/aromatic N) is 1. The molecule has 0 bridgehead atoms. The zero-order valence-corrected chi connectivity index (χ0v) is 11.9. The predicted octanol–water partition coefficient (Wildman–Crippen LogP) is -0.0810. The minimum Gasteiger partial charge on any atom is -0.378 e. The summed E-state index contributed by atoms with van der Waals surface area (Å²) >= 11 is 0. The summed E-state index contributed by atoms with van der Waals surface area (Å²) in [7, 11) is 0. The average Bonchev–Trinajstić information content (AvgIpc) is 2.85. The first-order valence-corrected chi connectivity index (χ1v) is 7.38. The minimum atomic E-state index is -0.372. The molecule has 3 aliphatic heterocycles. The molecule has 0 radical (unpaired) electrons. The van der Waals surface area contributed by atoms with Gasteiger partial charge >= 0.3 is 0 Å². The number of hydrogen-bond donors (Lipinski definition) is 1. The van der Waals surface area contributed by atoms with E-state index in [-0.39, 0.29) is 29.4 Å². The van der Waals surface area contributed by atoms with Crippen molar-refractivity contribution >= 4 is 11.8 Å². The highest BCUT2D eigenvalue weighted by Crippen LogP contribution is 2.28. The lowest BCUT2D eigenvalue weighted by Crippen LogP contribution is -2.59. The van der Waals surface area contributed by atoms with Gasteiger partial charge < -0.3 is 19.7 Å². The van der Waals surface area contributed by atoms with Crippen molar-refractivity contribution in [2.24, 2.45) is 5.92 Å². The van der Waals surface area contributed by atoms with Gasteiger partial charge in [-0.3, -0.25) is 9.59 Å². The van der Waals surface area contributed by atoms with Crippen molar-refractivity contribution in [2.75, 3.05) is 32.9 Å². The highest BCUT2D eigenvalue weighted by molar-refractivity contribution is 5.89. The van der Waals surface area contributed by atoms with Crippen LogP contribution < -0.4 is 5.32 Å². The summed E-state index contributed by atoms with van der Waals surface area (Å²) in [5.74, 6) is 0.274. The van der Waals surface area contributed by atoms with Crippen LogP contribution in [0.1, 0.15) is 26.2 Å². The Morgan fingerprint density at radius 2 is 2.30 bits per heavy atom. The van der Waals surface area contributed by atoms with Gasteiger partial charge in [-0.2, -0.15) is 0 Å². The van der Waals surface area contributed by atoms with Gasteiger partial charge in [0.05, 0.1) is 19.8 Å². The lowest BCUT2D eigenvalue weighted by Gasteiger charge is -2.41. The maximum atomic E-state index is 12.6. The number of hydrogen-bond acceptors (Lipinski definition) is 4. The summed E-state index contributed by atoms with van der Waals surface area (Å²) in [5.41, 5.74) is -0.321. The molecule has 3 rings (SSSR count). The largest absolute Gasteiger partial charge is 0.378 e. The Hall–Kier alpha value is -1.14. The van der Waals surface area contributed by atoms with Crippen LogP contribution in [0.3, 0.4) is 0 Å². The van der Waals surface area contributed by atoms with Gasteiger partial charge in [0.1, 0.15) is 11.6 Å². The average molecular weight is 282 g/mol. The van der Waals surface area contributed by atoms with E-state index >= 15 is 0 Å². The molecule has 20 heavy (non-hydrogen) atoms. The van der Waals surface area contributed by atoms with Crippen LogP contribution in [0.5, 0.6) is 0 Å². The Kier molecular flexibility index (Phi) is 3.69. The topological polar surface area (TPSA) is 67.9 Å². The van der Waals surface area contributed by atoms with Crippen LogP contribution in [0, 0.1) is 5.92 Å². The number of piperidine rings is 1. The lowest BCUT2D eigenvalue weighted by molar-refractivity contribution is -0.154. The molecular formula is C14H22N2O4. The molecule has 0 aliphatic carbocycles. The molecule has 3 saturated heterocycles. The smallest absolute Gasteiger partial charge is 0.245 e. The van der Waals surface area contributed by atoms with E-state index in [1.54, 1.807) is 0 Å². The molecule has 0 aromatic carbocycles. The zero-order valence-electron chi connectivity index (χ0n) is 11.9. The second kappa shape index (κ2) is 5.33. The molecule has 6 nitrogen and oxygen atoms in total. The van der Waals surface area contributed by atoms with Crippen molar-refractivity contribution in [2.45, 2.75) is 37.8 Å². The third kappa shape index (κ3) is 2.67. The molecule has 1 N–H and O–H groups in total. The van der Waals surface area contributed by atoms with Gasteiger partial charge in [0.25, 0.3) is 0 Å². The quantitative estimate of drug-likeness (QED) is 0.730. The number of carbonyl (C=O) groups is 2. The third-order valence-corrected chi connectivity index (χ3v) is 4.43. The molecular weight excluding hydrogens is 260 g/mol. The second-order valence-corrected chi connectivity index (χ2v) is 6.26. The number of rotatable bonds is 1.